The van der Waals surface area contributed by atoms with Gasteiger partial charge in [-0.3, -0.25) is 9.59 Å². The minimum atomic E-state index is -1.04. The van der Waals surface area contributed by atoms with Crippen LogP contribution in [0.4, 0.5) is 10.1 Å². The summed E-state index contributed by atoms with van der Waals surface area (Å²) in [7, 11) is 0. The number of anilines is 1. The lowest BCUT2D eigenvalue weighted by Crippen LogP contribution is -2.46. The van der Waals surface area contributed by atoms with Crippen LogP contribution in [0.15, 0.2) is 18.2 Å². The summed E-state index contributed by atoms with van der Waals surface area (Å²) < 4.78 is 14.5. The Morgan fingerprint density at radius 1 is 1.15 bits per heavy atom. The summed E-state index contributed by atoms with van der Waals surface area (Å²) in [5.41, 5.74) is 0.346. The Morgan fingerprint density at radius 3 is 2.63 bits per heavy atom. The van der Waals surface area contributed by atoms with Crippen molar-refractivity contribution in [1.29, 1.82) is 0 Å². The zero-order valence-electron chi connectivity index (χ0n) is 15.1. The Morgan fingerprint density at radius 2 is 1.93 bits per heavy atom. The van der Waals surface area contributed by atoms with Gasteiger partial charge in [-0.05, 0) is 49.8 Å². The van der Waals surface area contributed by atoms with E-state index in [2.05, 4.69) is 0 Å². The molecule has 144 valence electrons. The van der Waals surface area contributed by atoms with Crippen molar-refractivity contribution in [3.05, 3.63) is 29.6 Å². The van der Waals surface area contributed by atoms with Crippen LogP contribution in [0.3, 0.4) is 0 Å². The second kappa shape index (κ2) is 6.94. The molecule has 27 heavy (non-hydrogen) atoms. The molecule has 7 heteroatoms. The molecule has 0 bridgehead atoms. The fourth-order valence-electron chi connectivity index (χ4n) is 4.88. The van der Waals surface area contributed by atoms with E-state index in [1.165, 1.54) is 23.1 Å². The number of carboxylic acid groups (broad SMARTS) is 1. The van der Waals surface area contributed by atoms with E-state index in [9.17, 15) is 23.9 Å². The molecule has 0 radical (unpaired) electrons. The Balaban J connectivity index is 1.68. The van der Waals surface area contributed by atoms with Gasteiger partial charge in [0.1, 0.15) is 11.9 Å². The number of likely N-dealkylation sites (tertiary alicyclic amines) is 1. The van der Waals surface area contributed by atoms with Gasteiger partial charge in [0, 0.05) is 24.7 Å². The van der Waals surface area contributed by atoms with E-state index >= 15 is 0 Å². The SMILES string of the molecule is O=C(O)[C@@H]1C[C@H]2CCCC[C@H]2N1C(=O)c1cc(N2CCCC2=O)ccc1F. The third kappa shape index (κ3) is 3.09. The van der Waals surface area contributed by atoms with Gasteiger partial charge in [-0.15, -0.1) is 0 Å². The quantitative estimate of drug-likeness (QED) is 0.883. The summed E-state index contributed by atoms with van der Waals surface area (Å²) in [6, 6.07) is 3.03. The normalized spacial score (nSPS) is 27.7. The molecule has 0 spiro atoms. The summed E-state index contributed by atoms with van der Waals surface area (Å²) in [5.74, 6) is -2.18. The maximum Gasteiger partial charge on any atom is 0.326 e. The molecule has 2 saturated heterocycles. The smallest absolute Gasteiger partial charge is 0.326 e. The van der Waals surface area contributed by atoms with Crippen LogP contribution in [0.25, 0.3) is 0 Å². The van der Waals surface area contributed by atoms with Gasteiger partial charge in [-0.2, -0.15) is 0 Å². The largest absolute Gasteiger partial charge is 0.480 e. The topological polar surface area (TPSA) is 77.9 Å². The molecule has 4 rings (SSSR count). The average molecular weight is 374 g/mol. The molecule has 2 aliphatic heterocycles. The molecule has 6 nitrogen and oxygen atoms in total. The lowest BCUT2D eigenvalue weighted by atomic mass is 9.84. The Labute approximate surface area is 156 Å². The molecular formula is C20H23FN2O4. The lowest BCUT2D eigenvalue weighted by molar-refractivity contribution is -0.141. The van der Waals surface area contributed by atoms with Crippen molar-refractivity contribution in [2.24, 2.45) is 5.92 Å². The van der Waals surface area contributed by atoms with Gasteiger partial charge >= 0.3 is 5.97 Å². The van der Waals surface area contributed by atoms with Crippen molar-refractivity contribution in [2.45, 2.75) is 57.0 Å². The van der Waals surface area contributed by atoms with Gasteiger partial charge in [0.05, 0.1) is 5.56 Å². The zero-order chi connectivity index (χ0) is 19.1. The highest BCUT2D eigenvalue weighted by Gasteiger charge is 2.48. The first-order chi connectivity index (χ1) is 13.0. The van der Waals surface area contributed by atoms with Gasteiger partial charge in [0.2, 0.25) is 5.91 Å². The highest BCUT2D eigenvalue weighted by molar-refractivity contribution is 6.00. The van der Waals surface area contributed by atoms with Crippen LogP contribution < -0.4 is 4.90 Å². The van der Waals surface area contributed by atoms with E-state index in [-0.39, 0.29) is 23.4 Å². The van der Waals surface area contributed by atoms with Crippen molar-refractivity contribution >= 4 is 23.5 Å². The maximum atomic E-state index is 14.5. The van der Waals surface area contributed by atoms with Crippen LogP contribution in [-0.4, -0.2) is 46.4 Å². The monoisotopic (exact) mass is 374 g/mol. The predicted octanol–water partition coefficient (Wildman–Crippen LogP) is 2.81. The van der Waals surface area contributed by atoms with Crippen LogP contribution in [0.5, 0.6) is 0 Å². The van der Waals surface area contributed by atoms with Gasteiger partial charge < -0.3 is 14.9 Å². The summed E-state index contributed by atoms with van der Waals surface area (Å²) in [6.07, 6.45) is 5.25. The molecule has 1 N–H and O–H groups in total. The third-order valence-corrected chi connectivity index (χ3v) is 6.17. The molecular weight excluding hydrogens is 351 g/mol. The minimum Gasteiger partial charge on any atom is -0.480 e. The molecule has 3 atom stereocenters. The number of benzene rings is 1. The maximum absolute atomic E-state index is 14.5. The standard InChI is InChI=1S/C20H23FN2O4/c21-15-8-7-13(22-9-3-6-18(22)24)11-14(15)19(25)23-16-5-2-1-4-12(16)10-17(23)20(26)27/h7-8,11-12,16-17H,1-6,9-10H2,(H,26,27)/t12-,16-,17+/m1/s1. The summed E-state index contributed by atoms with van der Waals surface area (Å²) in [5, 5.41) is 9.62. The van der Waals surface area contributed by atoms with Crippen molar-refractivity contribution in [1.82, 2.24) is 4.90 Å². The second-order valence-electron chi connectivity index (χ2n) is 7.73. The molecule has 0 aromatic heterocycles. The third-order valence-electron chi connectivity index (χ3n) is 6.17. The van der Waals surface area contributed by atoms with Crippen LogP contribution in [0.1, 0.15) is 55.3 Å². The molecule has 2 heterocycles. The molecule has 1 aliphatic carbocycles. The van der Waals surface area contributed by atoms with E-state index in [0.29, 0.717) is 25.1 Å². The number of nitrogens with zero attached hydrogens (tertiary/aromatic N) is 2. The number of carbonyl (C=O) groups is 3. The first kappa shape index (κ1) is 17.9. The van der Waals surface area contributed by atoms with E-state index in [1.807, 2.05) is 0 Å². The fourth-order valence-corrected chi connectivity index (χ4v) is 4.88. The van der Waals surface area contributed by atoms with Crippen molar-refractivity contribution < 1.29 is 23.9 Å². The van der Waals surface area contributed by atoms with Crippen molar-refractivity contribution in [3.8, 4) is 0 Å². The lowest BCUT2D eigenvalue weighted by Gasteiger charge is -2.33. The summed E-state index contributed by atoms with van der Waals surface area (Å²) in [4.78, 5) is 39.9. The highest BCUT2D eigenvalue weighted by atomic mass is 19.1. The Bertz CT molecular complexity index is 796. The minimum absolute atomic E-state index is 0.0445. The molecule has 1 saturated carbocycles. The molecule has 1 aromatic carbocycles. The highest BCUT2D eigenvalue weighted by Crippen LogP contribution is 2.41. The number of rotatable bonds is 3. The van der Waals surface area contributed by atoms with Gasteiger partial charge in [-0.25, -0.2) is 9.18 Å². The van der Waals surface area contributed by atoms with E-state index < -0.39 is 23.7 Å². The van der Waals surface area contributed by atoms with Crippen LogP contribution in [0.2, 0.25) is 0 Å². The molecule has 3 fully saturated rings. The van der Waals surface area contributed by atoms with Crippen LogP contribution >= 0.6 is 0 Å². The molecule has 3 aliphatic rings. The van der Waals surface area contributed by atoms with E-state index in [0.717, 1.165) is 32.1 Å². The summed E-state index contributed by atoms with van der Waals surface area (Å²) in [6.45, 7) is 0.546. The first-order valence-electron chi connectivity index (χ1n) is 9.62. The predicted molar refractivity (Wildman–Crippen MR) is 95.9 cm³/mol. The van der Waals surface area contributed by atoms with Crippen LogP contribution in [0, 0.1) is 11.7 Å². The number of carbonyl (C=O) groups excluding carboxylic acids is 2. The van der Waals surface area contributed by atoms with Gasteiger partial charge in [0.25, 0.3) is 5.91 Å². The second-order valence-corrected chi connectivity index (χ2v) is 7.73. The Hall–Kier alpha value is -2.44. The molecule has 0 unspecified atom stereocenters. The first-order valence-corrected chi connectivity index (χ1v) is 9.62. The van der Waals surface area contributed by atoms with Crippen LogP contribution in [-0.2, 0) is 9.59 Å². The Kier molecular flexibility index (Phi) is 4.61. The fraction of sp³-hybridized carbons (Fsp3) is 0.550. The van der Waals surface area contributed by atoms with Crippen molar-refractivity contribution in [3.63, 3.8) is 0 Å². The number of aliphatic carboxylic acids is 1. The average Bonchev–Trinajstić information content (AvgIpc) is 3.25. The zero-order valence-corrected chi connectivity index (χ0v) is 15.1. The van der Waals surface area contributed by atoms with Gasteiger partial charge in [-0.1, -0.05) is 12.8 Å². The number of halogens is 1. The number of fused-ring (bicyclic) bond motifs is 1. The van der Waals surface area contributed by atoms with Crippen molar-refractivity contribution in [2.75, 3.05) is 11.4 Å². The number of carboxylic acids is 1. The van der Waals surface area contributed by atoms with E-state index in [4.69, 9.17) is 0 Å². The number of hydrogen-bond acceptors (Lipinski definition) is 3. The summed E-state index contributed by atoms with van der Waals surface area (Å²) >= 11 is 0. The molecule has 2 amide bonds. The number of amides is 2. The van der Waals surface area contributed by atoms with E-state index in [1.54, 1.807) is 4.90 Å². The number of hydrogen-bond donors (Lipinski definition) is 1. The van der Waals surface area contributed by atoms with Gasteiger partial charge in [0.15, 0.2) is 0 Å². The molecule has 1 aromatic rings.